The fourth-order valence-corrected chi connectivity index (χ4v) is 1.76. The lowest BCUT2D eigenvalue weighted by atomic mass is 10.1. The van der Waals surface area contributed by atoms with E-state index in [2.05, 4.69) is 10.3 Å². The highest BCUT2D eigenvalue weighted by Gasteiger charge is 2.16. The Hall–Kier alpha value is -2.76. The number of carbonyl (C=O) groups excluding carboxylic acids is 1. The van der Waals surface area contributed by atoms with Crippen LogP contribution in [0.1, 0.15) is 23.0 Å². The molecule has 20 heavy (non-hydrogen) atoms. The molecule has 1 N–H and O–H groups in total. The molecule has 1 aromatic carbocycles. The minimum atomic E-state index is -0.523. The van der Waals surface area contributed by atoms with Crippen LogP contribution in [0.4, 0.5) is 17.2 Å². The maximum absolute atomic E-state index is 11.3. The number of nitro benzene ring substituents is 1. The maximum atomic E-state index is 11.3. The number of pyridine rings is 1. The molecule has 0 spiro atoms. The number of hydrogen-bond donors (Lipinski definition) is 1. The van der Waals surface area contributed by atoms with Crippen LogP contribution in [0.2, 0.25) is 0 Å². The zero-order valence-corrected chi connectivity index (χ0v) is 11.1. The first-order valence-corrected chi connectivity index (χ1v) is 5.97. The third-order valence-electron chi connectivity index (χ3n) is 2.75. The summed E-state index contributed by atoms with van der Waals surface area (Å²) >= 11 is 0. The van der Waals surface area contributed by atoms with Gasteiger partial charge in [-0.25, -0.2) is 4.98 Å². The first-order valence-electron chi connectivity index (χ1n) is 5.97. The van der Waals surface area contributed by atoms with Gasteiger partial charge in [0.25, 0.3) is 5.69 Å². The minimum Gasteiger partial charge on any atom is -0.335 e. The Labute approximate surface area is 115 Å². The van der Waals surface area contributed by atoms with Crippen LogP contribution in [0.25, 0.3) is 0 Å². The fourth-order valence-electron chi connectivity index (χ4n) is 1.76. The van der Waals surface area contributed by atoms with Crippen molar-refractivity contribution in [2.75, 3.05) is 5.32 Å². The quantitative estimate of drug-likeness (QED) is 0.524. The standard InChI is InChI=1S/C14H13N3O3/c1-9-4-3-5-14(15-9)16-12-7-6-11(10(2)18)8-13(12)17(19)20/h3-8H,1-2H3,(H,15,16). The first kappa shape index (κ1) is 13.7. The molecule has 1 aromatic heterocycles. The predicted octanol–water partition coefficient (Wildman–Crippen LogP) is 3.24. The molecule has 0 aliphatic rings. The average molecular weight is 271 g/mol. The molecule has 2 aromatic rings. The van der Waals surface area contributed by atoms with Crippen LogP contribution >= 0.6 is 0 Å². The van der Waals surface area contributed by atoms with E-state index in [1.165, 1.54) is 19.1 Å². The lowest BCUT2D eigenvalue weighted by Gasteiger charge is -2.07. The van der Waals surface area contributed by atoms with E-state index >= 15 is 0 Å². The van der Waals surface area contributed by atoms with E-state index in [4.69, 9.17) is 0 Å². The van der Waals surface area contributed by atoms with Crippen LogP contribution in [0.15, 0.2) is 36.4 Å². The van der Waals surface area contributed by atoms with Crippen molar-refractivity contribution in [2.24, 2.45) is 0 Å². The average Bonchev–Trinajstić information content (AvgIpc) is 2.38. The van der Waals surface area contributed by atoms with Crippen LogP contribution in [-0.2, 0) is 0 Å². The van der Waals surface area contributed by atoms with Crippen LogP contribution in [-0.4, -0.2) is 15.7 Å². The molecule has 102 valence electrons. The smallest absolute Gasteiger partial charge is 0.293 e. The zero-order chi connectivity index (χ0) is 14.7. The van der Waals surface area contributed by atoms with E-state index < -0.39 is 4.92 Å². The summed E-state index contributed by atoms with van der Waals surface area (Å²) in [6.45, 7) is 3.20. The van der Waals surface area contributed by atoms with Gasteiger partial charge in [0.2, 0.25) is 0 Å². The van der Waals surface area contributed by atoms with Crippen LogP contribution < -0.4 is 5.32 Å². The van der Waals surface area contributed by atoms with Gasteiger partial charge >= 0.3 is 0 Å². The summed E-state index contributed by atoms with van der Waals surface area (Å²) in [5, 5.41) is 14.0. The van der Waals surface area contributed by atoms with Crippen molar-refractivity contribution >= 4 is 23.0 Å². The highest BCUT2D eigenvalue weighted by molar-refractivity contribution is 5.95. The molecule has 0 amide bonds. The molecule has 0 fully saturated rings. The van der Waals surface area contributed by atoms with Gasteiger partial charge < -0.3 is 5.32 Å². The number of Topliss-reactive ketones (excluding diaryl/α,β-unsaturated/α-hetero) is 1. The number of aromatic nitrogens is 1. The third kappa shape index (κ3) is 2.97. The van der Waals surface area contributed by atoms with Crippen molar-refractivity contribution in [1.82, 2.24) is 4.98 Å². The maximum Gasteiger partial charge on any atom is 0.293 e. The largest absolute Gasteiger partial charge is 0.335 e. The van der Waals surface area contributed by atoms with E-state index in [-0.39, 0.29) is 11.5 Å². The van der Waals surface area contributed by atoms with Gasteiger partial charge in [-0.1, -0.05) is 6.07 Å². The molecule has 0 aliphatic carbocycles. The Morgan fingerprint density at radius 2 is 2.05 bits per heavy atom. The Morgan fingerprint density at radius 1 is 1.30 bits per heavy atom. The highest BCUT2D eigenvalue weighted by Crippen LogP contribution is 2.28. The van der Waals surface area contributed by atoms with Gasteiger partial charge in [0.1, 0.15) is 11.5 Å². The Balaban J connectivity index is 2.41. The van der Waals surface area contributed by atoms with Gasteiger partial charge in [0, 0.05) is 17.3 Å². The molecule has 0 bridgehead atoms. The molecule has 6 heteroatoms. The number of anilines is 2. The fraction of sp³-hybridized carbons (Fsp3) is 0.143. The van der Waals surface area contributed by atoms with Crippen molar-refractivity contribution in [3.05, 3.63) is 57.8 Å². The second-order valence-corrected chi connectivity index (χ2v) is 4.33. The number of ketones is 1. The summed E-state index contributed by atoms with van der Waals surface area (Å²) in [5.41, 5.74) is 1.26. The summed E-state index contributed by atoms with van der Waals surface area (Å²) in [6, 6.07) is 9.68. The number of aryl methyl sites for hydroxylation is 1. The monoisotopic (exact) mass is 271 g/mol. The van der Waals surface area contributed by atoms with Crippen molar-refractivity contribution in [3.63, 3.8) is 0 Å². The van der Waals surface area contributed by atoms with Crippen LogP contribution in [0.3, 0.4) is 0 Å². The molecule has 0 unspecified atom stereocenters. The number of nitrogens with zero attached hydrogens (tertiary/aromatic N) is 2. The molecule has 1 heterocycles. The molecule has 0 saturated carbocycles. The van der Waals surface area contributed by atoms with Gasteiger partial charge in [-0.2, -0.15) is 0 Å². The normalized spacial score (nSPS) is 10.1. The molecule has 0 radical (unpaired) electrons. The van der Waals surface area contributed by atoms with Crippen molar-refractivity contribution in [3.8, 4) is 0 Å². The van der Waals surface area contributed by atoms with E-state index in [9.17, 15) is 14.9 Å². The summed E-state index contributed by atoms with van der Waals surface area (Å²) in [7, 11) is 0. The van der Waals surface area contributed by atoms with Crippen LogP contribution in [0, 0.1) is 17.0 Å². The SMILES string of the molecule is CC(=O)c1ccc(Nc2cccc(C)n2)c([N+](=O)[O-])c1. The number of nitrogens with one attached hydrogen (secondary N) is 1. The van der Waals surface area contributed by atoms with Crippen molar-refractivity contribution < 1.29 is 9.72 Å². The van der Waals surface area contributed by atoms with E-state index in [0.29, 0.717) is 17.1 Å². The van der Waals surface area contributed by atoms with Crippen molar-refractivity contribution in [2.45, 2.75) is 13.8 Å². The second-order valence-electron chi connectivity index (χ2n) is 4.33. The highest BCUT2D eigenvalue weighted by atomic mass is 16.6. The summed E-state index contributed by atoms with van der Waals surface area (Å²) in [6.07, 6.45) is 0. The molecule has 0 aliphatic heterocycles. The molecule has 0 saturated heterocycles. The molecular weight excluding hydrogens is 258 g/mol. The zero-order valence-electron chi connectivity index (χ0n) is 11.1. The molecule has 0 atom stereocenters. The predicted molar refractivity (Wildman–Crippen MR) is 75.4 cm³/mol. The molecular formula is C14H13N3O3. The van der Waals surface area contributed by atoms with E-state index in [0.717, 1.165) is 5.69 Å². The number of rotatable bonds is 4. The molecule has 6 nitrogen and oxygen atoms in total. The van der Waals surface area contributed by atoms with E-state index in [1.54, 1.807) is 18.2 Å². The Bertz CT molecular complexity index is 683. The van der Waals surface area contributed by atoms with Gasteiger partial charge in [-0.15, -0.1) is 0 Å². The summed E-state index contributed by atoms with van der Waals surface area (Å²) in [5.74, 6) is 0.303. The number of nitro groups is 1. The number of hydrogen-bond acceptors (Lipinski definition) is 5. The lowest BCUT2D eigenvalue weighted by Crippen LogP contribution is -2.01. The molecule has 2 rings (SSSR count). The Kier molecular flexibility index (Phi) is 3.74. The topological polar surface area (TPSA) is 85.1 Å². The third-order valence-corrected chi connectivity index (χ3v) is 2.75. The second kappa shape index (κ2) is 5.48. The van der Waals surface area contributed by atoms with Crippen LogP contribution in [0.5, 0.6) is 0 Å². The van der Waals surface area contributed by atoms with Gasteiger partial charge in [0.15, 0.2) is 5.78 Å². The number of benzene rings is 1. The van der Waals surface area contributed by atoms with Crippen molar-refractivity contribution in [1.29, 1.82) is 0 Å². The Morgan fingerprint density at radius 3 is 2.65 bits per heavy atom. The summed E-state index contributed by atoms with van der Waals surface area (Å²) in [4.78, 5) is 26.1. The van der Waals surface area contributed by atoms with Gasteiger partial charge in [-0.3, -0.25) is 14.9 Å². The first-order chi connectivity index (χ1) is 9.47. The van der Waals surface area contributed by atoms with E-state index in [1.807, 2.05) is 13.0 Å². The summed E-state index contributed by atoms with van der Waals surface area (Å²) < 4.78 is 0. The minimum absolute atomic E-state index is 0.152. The number of carbonyl (C=O) groups is 1. The van der Waals surface area contributed by atoms with Gasteiger partial charge in [0.05, 0.1) is 4.92 Å². The van der Waals surface area contributed by atoms with Gasteiger partial charge in [-0.05, 0) is 38.1 Å². The lowest BCUT2D eigenvalue weighted by molar-refractivity contribution is -0.383.